The Bertz CT molecular complexity index is 2020. The van der Waals surface area contributed by atoms with Gasteiger partial charge in [0, 0.05) is 67.4 Å². The first kappa shape index (κ1) is 44.8. The smallest absolute Gasteiger partial charge is 0.266 e. The van der Waals surface area contributed by atoms with Crippen LogP contribution in [0.25, 0.3) is 0 Å². The molecule has 0 radical (unpaired) electrons. The summed E-state index contributed by atoms with van der Waals surface area (Å²) in [5, 5.41) is 22.2. The third kappa shape index (κ3) is 14.8. The average Bonchev–Trinajstić information content (AvgIpc) is 4.03. The lowest BCUT2D eigenvalue weighted by Crippen LogP contribution is -2.34. The molecular weight excluding hydrogens is 840 g/mol. The van der Waals surface area contributed by atoms with Gasteiger partial charge in [-0.1, -0.05) is 11.6 Å². The Balaban J connectivity index is 0.000000218. The normalized spacial score (nSPS) is 16.9. The molecule has 2 atom stereocenters. The SMILES string of the molecule is O=S(=O)(Nc1nccs1)c1ccc(NCCCCNC[C@@H]2CCCN2)c(Cl)c1.O=S(=O)(Nc1ncns1)c1cc(F)c(NCCCCNC[C@@H]2CCCN2)cc1F. The van der Waals surface area contributed by atoms with E-state index in [9.17, 15) is 25.6 Å². The number of nitrogens with zero attached hydrogens (tertiary/aromatic N) is 3. The summed E-state index contributed by atoms with van der Waals surface area (Å²) in [7, 11) is -7.99. The van der Waals surface area contributed by atoms with Crippen molar-refractivity contribution in [3.63, 3.8) is 0 Å². The van der Waals surface area contributed by atoms with E-state index in [0.717, 1.165) is 101 Å². The number of hydrogen-bond donors (Lipinski definition) is 8. The van der Waals surface area contributed by atoms with Gasteiger partial charge in [-0.3, -0.25) is 9.44 Å². The van der Waals surface area contributed by atoms with E-state index >= 15 is 0 Å². The monoisotopic (exact) mass is 889 g/mol. The lowest BCUT2D eigenvalue weighted by atomic mass is 10.2. The zero-order valence-electron chi connectivity index (χ0n) is 31.3. The van der Waals surface area contributed by atoms with E-state index < -0.39 is 36.6 Å². The van der Waals surface area contributed by atoms with Gasteiger partial charge in [0.1, 0.15) is 22.9 Å². The number of hydrogen-bond acceptors (Lipinski definition) is 15. The number of rotatable bonds is 22. The highest BCUT2D eigenvalue weighted by molar-refractivity contribution is 7.93. The maximum atomic E-state index is 14.3. The van der Waals surface area contributed by atoms with E-state index in [1.54, 1.807) is 23.7 Å². The van der Waals surface area contributed by atoms with Crippen LogP contribution in [0.15, 0.2) is 58.0 Å². The molecule has 0 aliphatic carbocycles. The van der Waals surface area contributed by atoms with Gasteiger partial charge >= 0.3 is 0 Å². The molecular formula is C35H50ClF2N11O4S4. The summed E-state index contributed by atoms with van der Waals surface area (Å²) in [6.07, 6.45) is 11.4. The van der Waals surface area contributed by atoms with Gasteiger partial charge in [0.25, 0.3) is 20.0 Å². The molecule has 6 rings (SSSR count). The van der Waals surface area contributed by atoms with E-state index in [-0.39, 0.29) is 15.7 Å². The van der Waals surface area contributed by atoms with Crippen molar-refractivity contribution in [1.29, 1.82) is 0 Å². The summed E-state index contributed by atoms with van der Waals surface area (Å²) in [5.74, 6) is -1.88. The van der Waals surface area contributed by atoms with Gasteiger partial charge in [-0.05, 0) is 102 Å². The molecule has 2 saturated heterocycles. The summed E-state index contributed by atoms with van der Waals surface area (Å²) in [6, 6.07) is 7.38. The molecule has 8 N–H and O–H groups in total. The summed E-state index contributed by atoms with van der Waals surface area (Å²) >= 11 is 8.28. The third-order valence-corrected chi connectivity index (χ3v) is 13.6. The molecule has 2 aliphatic rings. The zero-order chi connectivity index (χ0) is 40.5. The molecule has 57 heavy (non-hydrogen) atoms. The van der Waals surface area contributed by atoms with Crippen LogP contribution in [0, 0.1) is 11.6 Å². The minimum Gasteiger partial charge on any atom is -0.384 e. The maximum absolute atomic E-state index is 14.3. The second-order valence-corrected chi connectivity index (χ2v) is 18.9. The fraction of sp³-hybridized carbons (Fsp3) is 0.514. The predicted octanol–water partition coefficient (Wildman–Crippen LogP) is 5.28. The lowest BCUT2D eigenvalue weighted by molar-refractivity contribution is 0.525. The Hall–Kier alpha value is -3.28. The number of halogens is 3. The number of thiazole rings is 1. The lowest BCUT2D eigenvalue weighted by Gasteiger charge is -2.12. The highest BCUT2D eigenvalue weighted by atomic mass is 35.5. The molecule has 0 bridgehead atoms. The Morgan fingerprint density at radius 3 is 1.95 bits per heavy atom. The number of sulfonamides is 2. The Labute approximate surface area is 346 Å². The molecule has 314 valence electrons. The van der Waals surface area contributed by atoms with Crippen LogP contribution in [0.5, 0.6) is 0 Å². The van der Waals surface area contributed by atoms with Crippen molar-refractivity contribution < 1.29 is 25.6 Å². The van der Waals surface area contributed by atoms with Crippen molar-refractivity contribution in [3.8, 4) is 0 Å². The topological polar surface area (TPSA) is 203 Å². The molecule has 4 heterocycles. The van der Waals surface area contributed by atoms with Crippen LogP contribution in [0.3, 0.4) is 0 Å². The van der Waals surface area contributed by atoms with Gasteiger partial charge in [-0.25, -0.2) is 35.6 Å². The average molecular weight is 891 g/mol. The summed E-state index contributed by atoms with van der Waals surface area (Å²) < 4.78 is 86.0. The molecule has 2 aliphatic heterocycles. The molecule has 22 heteroatoms. The van der Waals surface area contributed by atoms with Crippen LogP contribution in [0.1, 0.15) is 51.4 Å². The van der Waals surface area contributed by atoms with Gasteiger partial charge in [-0.15, -0.1) is 11.3 Å². The van der Waals surface area contributed by atoms with Crippen molar-refractivity contribution in [2.45, 2.75) is 73.2 Å². The van der Waals surface area contributed by atoms with E-state index in [1.165, 1.54) is 43.1 Å². The Kier molecular flexibility index (Phi) is 17.9. The summed E-state index contributed by atoms with van der Waals surface area (Å²) in [5.41, 5.74) is 0.665. The van der Waals surface area contributed by atoms with Gasteiger partial charge in [0.2, 0.25) is 5.13 Å². The van der Waals surface area contributed by atoms with E-state index in [4.69, 9.17) is 11.6 Å². The van der Waals surface area contributed by atoms with Gasteiger partial charge < -0.3 is 31.9 Å². The van der Waals surface area contributed by atoms with Gasteiger partial charge in [-0.2, -0.15) is 4.37 Å². The largest absolute Gasteiger partial charge is 0.384 e. The fourth-order valence-corrected chi connectivity index (χ4v) is 9.98. The summed E-state index contributed by atoms with van der Waals surface area (Å²) in [6.45, 7) is 7.27. The van der Waals surface area contributed by atoms with Crippen LogP contribution in [-0.2, 0) is 20.0 Å². The zero-order valence-corrected chi connectivity index (χ0v) is 35.4. The van der Waals surface area contributed by atoms with Crippen molar-refractivity contribution in [2.24, 2.45) is 0 Å². The van der Waals surface area contributed by atoms with Gasteiger partial charge in [0.15, 0.2) is 5.13 Å². The molecule has 4 aromatic rings. The standard InChI is InChI=1S/C18H26ClN5O2S2.C17H24F2N6O2S2/c19-16-12-15(28(25,26)24-18-23-10-11-27-18)5-6-17(16)22-8-2-1-7-20-13-14-4-3-9-21-14;18-13-9-16(29(26,27)25-17-23-11-24-28-17)14(19)8-15(13)22-6-2-1-5-20-10-12-4-3-7-21-12/h5-6,10-12,14,20-22H,1-4,7-9,13H2,(H,23,24);8-9,11-12,20-22H,1-7,10H2,(H,23,24,25)/t14-;12-/m00/s1. The second-order valence-electron chi connectivity index (χ2n) is 13.5. The highest BCUT2D eigenvalue weighted by Crippen LogP contribution is 2.27. The van der Waals surface area contributed by atoms with Crippen LogP contribution in [0.2, 0.25) is 5.02 Å². The van der Waals surface area contributed by atoms with Crippen LogP contribution in [-0.4, -0.2) is 95.6 Å². The van der Waals surface area contributed by atoms with E-state index in [0.29, 0.717) is 34.8 Å². The number of nitrogens with one attached hydrogen (secondary N) is 8. The first-order valence-corrected chi connectivity index (χ1v) is 23.9. The highest BCUT2D eigenvalue weighted by Gasteiger charge is 2.23. The van der Waals surface area contributed by atoms with Crippen molar-refractivity contribution in [2.75, 3.05) is 72.4 Å². The molecule has 2 aromatic carbocycles. The minimum atomic E-state index is -4.29. The predicted molar refractivity (Wildman–Crippen MR) is 225 cm³/mol. The number of anilines is 4. The van der Waals surface area contributed by atoms with Crippen molar-refractivity contribution >= 4 is 76.2 Å². The van der Waals surface area contributed by atoms with Crippen LogP contribution < -0.4 is 41.3 Å². The van der Waals surface area contributed by atoms with Crippen molar-refractivity contribution in [3.05, 3.63) is 64.9 Å². The third-order valence-electron chi connectivity index (χ3n) is 9.10. The maximum Gasteiger partial charge on any atom is 0.266 e. The number of unbranched alkanes of at least 4 members (excludes halogenated alkanes) is 2. The molecule has 2 aromatic heterocycles. The second kappa shape index (κ2) is 22.8. The van der Waals surface area contributed by atoms with Crippen LogP contribution in [0.4, 0.5) is 30.4 Å². The number of benzene rings is 2. The van der Waals surface area contributed by atoms with Crippen molar-refractivity contribution in [1.82, 2.24) is 35.6 Å². The number of aromatic nitrogens is 3. The quantitative estimate of drug-likeness (QED) is 0.0474. The first-order valence-electron chi connectivity index (χ1n) is 18.9. The molecule has 15 nitrogen and oxygen atoms in total. The van der Waals surface area contributed by atoms with Crippen LogP contribution >= 0.6 is 34.5 Å². The Morgan fingerprint density at radius 1 is 0.754 bits per heavy atom. The molecule has 0 amide bonds. The van der Waals surface area contributed by atoms with Gasteiger partial charge in [0.05, 0.1) is 21.3 Å². The first-order chi connectivity index (χ1) is 27.5. The minimum absolute atomic E-state index is 0.0238. The van der Waals surface area contributed by atoms with E-state index in [1.807, 2.05) is 0 Å². The molecule has 0 saturated carbocycles. The Morgan fingerprint density at radius 2 is 1.39 bits per heavy atom. The van der Waals surface area contributed by atoms with E-state index in [2.05, 4.69) is 55.7 Å². The molecule has 0 spiro atoms. The molecule has 0 unspecified atom stereocenters. The molecule has 2 fully saturated rings. The summed E-state index contributed by atoms with van der Waals surface area (Å²) in [4.78, 5) is 6.94. The fourth-order valence-electron chi connectivity index (χ4n) is 6.12.